The highest BCUT2D eigenvalue weighted by molar-refractivity contribution is 6.10. The second-order valence-electron chi connectivity index (χ2n) is 9.11. The Labute approximate surface area is 224 Å². The first-order valence-corrected chi connectivity index (χ1v) is 11.8. The smallest absolute Gasteiger partial charge is 0.383 e. The zero-order chi connectivity index (χ0) is 28.9. The second-order valence-corrected chi connectivity index (χ2v) is 9.11. The lowest BCUT2D eigenvalue weighted by atomic mass is 10.1. The van der Waals surface area contributed by atoms with Crippen molar-refractivity contribution < 1.29 is 27.2 Å². The topological polar surface area (TPSA) is 115 Å². The van der Waals surface area contributed by atoms with Crippen LogP contribution in [0.15, 0.2) is 55.1 Å². The van der Waals surface area contributed by atoms with E-state index in [-0.39, 0.29) is 39.3 Å². The van der Waals surface area contributed by atoms with Crippen LogP contribution in [0.25, 0.3) is 33.1 Å². The fraction of sp³-hybridized carbons (Fsp3) is 0.192. The number of nitrogen functional groups attached to an aromatic ring is 1. The van der Waals surface area contributed by atoms with Gasteiger partial charge < -0.3 is 5.73 Å². The Hall–Kier alpha value is -5.01. The standard InChI is InChI=1S/C26H22F4N8O2/c1-14(39)36(3)38(11-17-5-4-15(9-20(17)27)22-12-37(13-32-22)26(28,29)30)25(40)16-6-7-21-18(8-16)23-19(24(31)34-21)10-33-35(23)2/h4-10,12-13H,11H2,1-3H3,(H2,31,34). The van der Waals surface area contributed by atoms with Gasteiger partial charge in [0.1, 0.15) is 18.0 Å². The third kappa shape index (κ3) is 4.67. The number of hydrazine groups is 1. The van der Waals surface area contributed by atoms with Gasteiger partial charge in [0, 0.05) is 49.3 Å². The van der Waals surface area contributed by atoms with Crippen LogP contribution >= 0.6 is 0 Å². The van der Waals surface area contributed by atoms with Gasteiger partial charge in [-0.15, -0.1) is 13.2 Å². The number of halogens is 4. The quantitative estimate of drug-likeness (QED) is 0.263. The number of nitrogens with two attached hydrogens (primary N) is 1. The SMILES string of the molecule is CC(=O)N(C)N(Cc1ccc(-c2cn(C(F)(F)F)cn2)cc1F)C(=O)c1ccc2nc(N)c3cnn(C)c3c2c1. The van der Waals surface area contributed by atoms with E-state index in [1.807, 2.05) is 0 Å². The van der Waals surface area contributed by atoms with E-state index in [0.29, 0.717) is 28.1 Å². The average Bonchev–Trinajstić information content (AvgIpc) is 3.55. The Bertz CT molecular complexity index is 1790. The fourth-order valence-corrected chi connectivity index (χ4v) is 4.33. The molecule has 0 bridgehead atoms. The summed E-state index contributed by atoms with van der Waals surface area (Å²) < 4.78 is 55.5. The number of amides is 2. The van der Waals surface area contributed by atoms with Gasteiger partial charge in [-0.25, -0.2) is 23.9 Å². The first kappa shape index (κ1) is 26.6. The zero-order valence-corrected chi connectivity index (χ0v) is 21.4. The number of benzene rings is 2. The predicted molar refractivity (Wildman–Crippen MR) is 138 cm³/mol. The molecule has 0 saturated heterocycles. The summed E-state index contributed by atoms with van der Waals surface area (Å²) in [5, 5.41) is 7.57. The first-order valence-electron chi connectivity index (χ1n) is 11.8. The van der Waals surface area contributed by atoms with Crippen LogP contribution in [0.1, 0.15) is 22.8 Å². The number of imidazole rings is 1. The molecule has 0 fully saturated rings. The molecule has 0 spiro atoms. The van der Waals surface area contributed by atoms with Gasteiger partial charge in [0.25, 0.3) is 5.91 Å². The molecule has 0 aliphatic heterocycles. The average molecular weight is 555 g/mol. The number of aryl methyl sites for hydroxylation is 1. The van der Waals surface area contributed by atoms with E-state index in [0.717, 1.165) is 22.3 Å². The molecule has 0 aliphatic carbocycles. The summed E-state index contributed by atoms with van der Waals surface area (Å²) in [4.78, 5) is 34.0. The number of carbonyl (C=O) groups is 2. The van der Waals surface area contributed by atoms with Gasteiger partial charge >= 0.3 is 6.30 Å². The molecular formula is C26H22F4N8O2. The van der Waals surface area contributed by atoms with Gasteiger partial charge in [0.05, 0.1) is 34.9 Å². The molecule has 2 N–H and O–H groups in total. The number of pyridine rings is 1. The van der Waals surface area contributed by atoms with Gasteiger partial charge in [0.2, 0.25) is 5.91 Å². The maximum atomic E-state index is 15.2. The van der Waals surface area contributed by atoms with Crippen molar-refractivity contribution in [1.82, 2.24) is 34.3 Å². The lowest BCUT2D eigenvalue weighted by molar-refractivity contribution is -0.204. The number of rotatable bonds is 4. The van der Waals surface area contributed by atoms with Crippen LogP contribution in [0.4, 0.5) is 23.4 Å². The molecule has 0 radical (unpaired) electrons. The summed E-state index contributed by atoms with van der Waals surface area (Å²) in [6.45, 7) is 0.917. The van der Waals surface area contributed by atoms with Gasteiger partial charge in [-0.05, 0) is 24.3 Å². The fourth-order valence-electron chi connectivity index (χ4n) is 4.33. The number of carbonyl (C=O) groups excluding carboxylic acids is 2. The highest BCUT2D eigenvalue weighted by Gasteiger charge is 2.31. The number of aromatic nitrogens is 5. The van der Waals surface area contributed by atoms with E-state index in [1.54, 1.807) is 30.1 Å². The lowest BCUT2D eigenvalue weighted by Crippen LogP contribution is -2.46. The van der Waals surface area contributed by atoms with E-state index >= 15 is 4.39 Å². The number of fused-ring (bicyclic) bond motifs is 3. The summed E-state index contributed by atoms with van der Waals surface area (Å²) in [7, 11) is 3.10. The summed E-state index contributed by atoms with van der Waals surface area (Å²) in [6, 6.07) is 8.50. The second kappa shape index (κ2) is 9.63. The Balaban J connectivity index is 1.50. The van der Waals surface area contributed by atoms with E-state index in [4.69, 9.17) is 5.73 Å². The molecule has 40 heavy (non-hydrogen) atoms. The van der Waals surface area contributed by atoms with Crippen LogP contribution in [-0.2, 0) is 24.7 Å². The number of hydrogen-bond acceptors (Lipinski definition) is 6. The Kier molecular flexibility index (Phi) is 6.40. The monoisotopic (exact) mass is 554 g/mol. The van der Waals surface area contributed by atoms with Crippen molar-refractivity contribution in [2.75, 3.05) is 12.8 Å². The van der Waals surface area contributed by atoms with Crippen molar-refractivity contribution in [1.29, 1.82) is 0 Å². The van der Waals surface area contributed by atoms with Gasteiger partial charge in [-0.2, -0.15) is 5.10 Å². The van der Waals surface area contributed by atoms with Crippen LogP contribution in [0.3, 0.4) is 0 Å². The lowest BCUT2D eigenvalue weighted by Gasteiger charge is -2.31. The van der Waals surface area contributed by atoms with Crippen LogP contribution in [-0.4, -0.2) is 53.2 Å². The highest BCUT2D eigenvalue weighted by Crippen LogP contribution is 2.30. The third-order valence-corrected chi connectivity index (χ3v) is 6.55. The molecule has 14 heteroatoms. The van der Waals surface area contributed by atoms with E-state index < -0.39 is 23.9 Å². The van der Waals surface area contributed by atoms with Crippen LogP contribution in [0, 0.1) is 5.82 Å². The zero-order valence-electron chi connectivity index (χ0n) is 21.4. The summed E-state index contributed by atoms with van der Waals surface area (Å²) >= 11 is 0. The summed E-state index contributed by atoms with van der Waals surface area (Å²) in [6.07, 6.45) is -1.75. The molecular weight excluding hydrogens is 532 g/mol. The molecule has 2 aromatic carbocycles. The predicted octanol–water partition coefficient (Wildman–Crippen LogP) is 4.22. The molecule has 10 nitrogen and oxygen atoms in total. The molecule has 3 aromatic heterocycles. The van der Waals surface area contributed by atoms with Crippen molar-refractivity contribution in [2.45, 2.75) is 19.8 Å². The van der Waals surface area contributed by atoms with E-state index in [2.05, 4.69) is 15.1 Å². The van der Waals surface area contributed by atoms with E-state index in [9.17, 15) is 22.8 Å². The normalized spacial score (nSPS) is 11.8. The molecule has 5 aromatic rings. The summed E-state index contributed by atoms with van der Waals surface area (Å²) in [5.74, 6) is -1.58. The van der Waals surface area contributed by atoms with Crippen LogP contribution in [0.5, 0.6) is 0 Å². The number of nitrogens with zero attached hydrogens (tertiary/aromatic N) is 7. The van der Waals surface area contributed by atoms with Crippen molar-refractivity contribution in [3.05, 3.63) is 72.1 Å². The molecule has 0 saturated carbocycles. The maximum absolute atomic E-state index is 15.2. The van der Waals surface area contributed by atoms with Crippen LogP contribution < -0.4 is 5.73 Å². The van der Waals surface area contributed by atoms with Crippen molar-refractivity contribution >= 4 is 39.4 Å². The molecule has 3 heterocycles. The van der Waals surface area contributed by atoms with Gasteiger partial charge in [-0.1, -0.05) is 12.1 Å². The third-order valence-electron chi connectivity index (χ3n) is 6.55. The van der Waals surface area contributed by atoms with Crippen LogP contribution in [0.2, 0.25) is 0 Å². The van der Waals surface area contributed by atoms with Crippen molar-refractivity contribution in [2.24, 2.45) is 7.05 Å². The molecule has 0 unspecified atom stereocenters. The minimum Gasteiger partial charge on any atom is -0.383 e. The first-order chi connectivity index (χ1) is 18.8. The van der Waals surface area contributed by atoms with Crippen molar-refractivity contribution in [3.63, 3.8) is 0 Å². The molecule has 0 aliphatic rings. The number of alkyl halides is 3. The highest BCUT2D eigenvalue weighted by atomic mass is 19.4. The molecule has 0 atom stereocenters. The Morgan fingerprint density at radius 2 is 1.85 bits per heavy atom. The van der Waals surface area contributed by atoms with Gasteiger partial charge in [0.15, 0.2) is 0 Å². The minimum absolute atomic E-state index is 0.0321. The summed E-state index contributed by atoms with van der Waals surface area (Å²) in [5.41, 5.74) is 7.51. The minimum atomic E-state index is -4.66. The molecule has 206 valence electrons. The molecule has 5 rings (SSSR count). The van der Waals surface area contributed by atoms with Crippen molar-refractivity contribution in [3.8, 4) is 11.3 Å². The Morgan fingerprint density at radius 3 is 2.50 bits per heavy atom. The molecule has 2 amide bonds. The van der Waals surface area contributed by atoms with E-state index in [1.165, 1.54) is 32.2 Å². The maximum Gasteiger partial charge on any atom is 0.489 e. The Morgan fingerprint density at radius 1 is 1.10 bits per heavy atom. The number of anilines is 1. The largest absolute Gasteiger partial charge is 0.489 e. The van der Waals surface area contributed by atoms with Gasteiger partial charge in [-0.3, -0.25) is 19.3 Å². The number of hydrogen-bond donors (Lipinski definition) is 1.